The number of carbonyl (C=O) groups is 3. The Morgan fingerprint density at radius 1 is 0.974 bits per heavy atom. The number of anilines is 1. The van der Waals surface area contributed by atoms with Crippen molar-refractivity contribution in [2.45, 2.75) is 59.7 Å². The number of carbonyl (C=O) groups excluding carboxylic acids is 3. The molecule has 0 aliphatic heterocycles. The second-order valence-corrected chi connectivity index (χ2v) is 10.3. The van der Waals surface area contributed by atoms with Gasteiger partial charge in [0.15, 0.2) is 11.6 Å². The number of nitro benzene ring substituents is 1. The summed E-state index contributed by atoms with van der Waals surface area (Å²) in [6.45, 7) is 10.8. The van der Waals surface area contributed by atoms with Crippen LogP contribution >= 0.6 is 11.6 Å². The lowest BCUT2D eigenvalue weighted by Crippen LogP contribution is -2.44. The molecule has 0 aliphatic carbocycles. The van der Waals surface area contributed by atoms with E-state index < -0.39 is 62.1 Å². The molecule has 38 heavy (non-hydrogen) atoms. The normalized spacial score (nSPS) is 11.4. The van der Waals surface area contributed by atoms with E-state index in [2.05, 4.69) is 4.74 Å². The third-order valence-electron chi connectivity index (χ3n) is 4.61. The molecule has 0 fully saturated rings. The van der Waals surface area contributed by atoms with Crippen LogP contribution in [0.3, 0.4) is 0 Å². The minimum absolute atomic E-state index is 0.0388. The molecule has 2 amide bonds. The molecule has 0 N–H and O–H groups in total. The number of ether oxygens (including phenoxy) is 4. The molecule has 2 aromatic rings. The zero-order valence-corrected chi connectivity index (χ0v) is 22.9. The number of hydrogen-bond acceptors (Lipinski definition) is 9. The van der Waals surface area contributed by atoms with Gasteiger partial charge in [0.25, 0.3) is 5.69 Å². The van der Waals surface area contributed by atoms with Crippen LogP contribution in [0.25, 0.3) is 0 Å². The highest BCUT2D eigenvalue weighted by atomic mass is 35.5. The monoisotopic (exact) mass is 554 g/mol. The molecule has 2 rings (SSSR count). The topological polar surface area (TPSA) is 135 Å². The molecule has 0 unspecified atom stereocenters. The van der Waals surface area contributed by atoms with Crippen molar-refractivity contribution in [1.82, 2.24) is 0 Å². The summed E-state index contributed by atoms with van der Waals surface area (Å²) in [5, 5.41) is 10.9. The molecule has 2 aromatic carbocycles. The molecule has 11 nitrogen and oxygen atoms in total. The molecule has 0 atom stereocenters. The zero-order chi connectivity index (χ0) is 29.2. The highest BCUT2D eigenvalue weighted by Crippen LogP contribution is 2.42. The molecule has 0 radical (unpaired) electrons. The maximum absolute atomic E-state index is 14.9. The van der Waals surface area contributed by atoms with Crippen molar-refractivity contribution in [1.29, 1.82) is 0 Å². The number of hydrogen-bond donors (Lipinski definition) is 0. The first-order valence-electron chi connectivity index (χ1n) is 11.2. The van der Waals surface area contributed by atoms with Crippen molar-refractivity contribution in [3.63, 3.8) is 0 Å². The van der Waals surface area contributed by atoms with Crippen LogP contribution in [0.2, 0.25) is 5.02 Å². The van der Waals surface area contributed by atoms with E-state index in [-0.39, 0.29) is 17.0 Å². The molecular formula is C25H28ClFN2O9. The van der Waals surface area contributed by atoms with E-state index in [0.29, 0.717) is 4.90 Å². The highest BCUT2D eigenvalue weighted by Gasteiger charge is 2.35. The van der Waals surface area contributed by atoms with Crippen LogP contribution in [0.1, 0.15) is 57.5 Å². The summed E-state index contributed by atoms with van der Waals surface area (Å²) in [4.78, 5) is 49.3. The largest absolute Gasteiger partial charge is 0.465 e. The first kappa shape index (κ1) is 30.3. The van der Waals surface area contributed by atoms with E-state index in [9.17, 15) is 28.9 Å². The van der Waals surface area contributed by atoms with E-state index in [1.54, 1.807) is 41.5 Å². The lowest BCUT2D eigenvalue weighted by molar-refractivity contribution is -0.385. The summed E-state index contributed by atoms with van der Waals surface area (Å²) in [7, 11) is 1.04. The van der Waals surface area contributed by atoms with Gasteiger partial charge in [0, 0.05) is 11.6 Å². The quantitative estimate of drug-likeness (QED) is 0.166. The summed E-state index contributed by atoms with van der Waals surface area (Å²) >= 11 is 6.43. The Balaban J connectivity index is 2.68. The molecule has 0 saturated carbocycles. The van der Waals surface area contributed by atoms with E-state index in [4.69, 9.17) is 25.8 Å². The second-order valence-electron chi connectivity index (χ2n) is 9.94. The number of imide groups is 1. The SMILES string of the molecule is COC(=O)c1c([N+](=O)[O-])ccc(Oc2c(F)ccc(N(C(=O)OC(C)(C)C)C(=O)OC(C)(C)C)c2Cl)c1C. The first-order chi connectivity index (χ1) is 17.4. The van der Waals surface area contributed by atoms with E-state index in [0.717, 1.165) is 31.4 Å². The number of nitrogens with zero attached hydrogens (tertiary/aromatic N) is 2. The fraction of sp³-hybridized carbons (Fsp3) is 0.400. The Bertz CT molecular complexity index is 1260. The summed E-state index contributed by atoms with van der Waals surface area (Å²) < 4.78 is 35.8. The number of methoxy groups -OCH3 is 1. The van der Waals surface area contributed by atoms with Crippen LogP contribution in [0.4, 0.5) is 25.4 Å². The van der Waals surface area contributed by atoms with Crippen LogP contribution in [0.5, 0.6) is 11.5 Å². The fourth-order valence-corrected chi connectivity index (χ4v) is 3.36. The lowest BCUT2D eigenvalue weighted by atomic mass is 10.1. The Hall–Kier alpha value is -3.93. The van der Waals surface area contributed by atoms with Gasteiger partial charge in [-0.15, -0.1) is 0 Å². The Kier molecular flexibility index (Phi) is 8.94. The standard InChI is InChI=1S/C25H28ClFN2O9/c1-13-17(12-11-15(29(33)34)18(13)21(30)35-8)36-20-14(27)9-10-16(19(20)26)28(22(31)37-24(2,3)4)23(32)38-25(5,6)7/h9-12H,1-8H3. The van der Waals surface area contributed by atoms with Crippen molar-refractivity contribution in [3.05, 3.63) is 56.3 Å². The number of rotatable bonds is 5. The maximum Gasteiger partial charge on any atom is 0.424 e. The van der Waals surface area contributed by atoms with Gasteiger partial charge in [0.05, 0.1) is 17.7 Å². The van der Waals surface area contributed by atoms with Gasteiger partial charge >= 0.3 is 18.2 Å². The predicted octanol–water partition coefficient (Wildman–Crippen LogP) is 6.95. The van der Waals surface area contributed by atoms with Crippen molar-refractivity contribution in [2.24, 2.45) is 0 Å². The number of esters is 1. The molecule has 0 spiro atoms. The Morgan fingerprint density at radius 3 is 1.95 bits per heavy atom. The molecule has 13 heteroatoms. The molecule has 0 aromatic heterocycles. The maximum atomic E-state index is 14.9. The van der Waals surface area contributed by atoms with E-state index in [1.165, 1.54) is 6.92 Å². The van der Waals surface area contributed by atoms with Crippen molar-refractivity contribution >= 4 is 41.1 Å². The van der Waals surface area contributed by atoms with Gasteiger partial charge in [-0.3, -0.25) is 10.1 Å². The molecule has 0 heterocycles. The van der Waals surface area contributed by atoms with Crippen LogP contribution in [0, 0.1) is 22.9 Å². The van der Waals surface area contributed by atoms with Gasteiger partial charge < -0.3 is 18.9 Å². The van der Waals surface area contributed by atoms with Crippen LogP contribution < -0.4 is 9.64 Å². The average Bonchev–Trinajstić information content (AvgIpc) is 2.76. The summed E-state index contributed by atoms with van der Waals surface area (Å²) in [6, 6.07) is 4.07. The average molecular weight is 555 g/mol. The van der Waals surface area contributed by atoms with Gasteiger partial charge in [0.1, 0.15) is 27.5 Å². The summed E-state index contributed by atoms with van der Waals surface area (Å²) in [5.74, 6) is -2.81. The van der Waals surface area contributed by atoms with Gasteiger partial charge in [0.2, 0.25) is 0 Å². The van der Waals surface area contributed by atoms with Crippen molar-refractivity contribution in [2.75, 3.05) is 12.0 Å². The summed E-state index contributed by atoms with van der Waals surface area (Å²) in [6.07, 6.45) is -2.29. The molecule has 0 bridgehead atoms. The smallest absolute Gasteiger partial charge is 0.424 e. The number of halogens is 2. The van der Waals surface area contributed by atoms with Crippen LogP contribution in [-0.4, -0.2) is 41.4 Å². The van der Waals surface area contributed by atoms with Crippen molar-refractivity contribution in [3.8, 4) is 11.5 Å². The third kappa shape index (κ3) is 7.09. The summed E-state index contributed by atoms with van der Waals surface area (Å²) in [5.41, 5.74) is -3.34. The van der Waals surface area contributed by atoms with Gasteiger partial charge in [-0.1, -0.05) is 11.6 Å². The highest BCUT2D eigenvalue weighted by molar-refractivity contribution is 6.36. The minimum atomic E-state index is -1.15. The molecule has 0 saturated heterocycles. The van der Waals surface area contributed by atoms with Gasteiger partial charge in [-0.25, -0.2) is 18.8 Å². The van der Waals surface area contributed by atoms with Crippen LogP contribution in [0.15, 0.2) is 24.3 Å². The zero-order valence-electron chi connectivity index (χ0n) is 22.1. The van der Waals surface area contributed by atoms with Crippen molar-refractivity contribution < 1.29 is 42.6 Å². The van der Waals surface area contributed by atoms with E-state index in [1.807, 2.05) is 0 Å². The van der Waals surface area contributed by atoms with E-state index >= 15 is 0 Å². The lowest BCUT2D eigenvalue weighted by Gasteiger charge is -2.29. The number of benzene rings is 2. The Labute approximate surface area is 223 Å². The van der Waals surface area contributed by atoms with Gasteiger partial charge in [-0.2, -0.15) is 4.90 Å². The third-order valence-corrected chi connectivity index (χ3v) is 4.98. The predicted molar refractivity (Wildman–Crippen MR) is 136 cm³/mol. The molecule has 206 valence electrons. The first-order valence-corrected chi connectivity index (χ1v) is 11.5. The molecule has 0 aliphatic rings. The van der Waals surface area contributed by atoms with Gasteiger partial charge in [-0.05, 0) is 66.7 Å². The number of nitro groups is 1. The molecular weight excluding hydrogens is 527 g/mol. The minimum Gasteiger partial charge on any atom is -0.465 e. The fourth-order valence-electron chi connectivity index (χ4n) is 3.09. The van der Waals surface area contributed by atoms with Crippen LogP contribution in [-0.2, 0) is 14.2 Å². The Morgan fingerprint density at radius 2 is 1.50 bits per heavy atom. The second kappa shape index (κ2) is 11.2. The number of amides is 2.